The van der Waals surface area contributed by atoms with Crippen molar-refractivity contribution in [2.45, 2.75) is 18.6 Å². The van der Waals surface area contributed by atoms with Crippen molar-refractivity contribution < 1.29 is 26.7 Å². The Kier molecular flexibility index (Phi) is 5.93. The van der Waals surface area contributed by atoms with Gasteiger partial charge in [0.05, 0.1) is 18.4 Å². The minimum absolute atomic E-state index is 0.0606. The van der Waals surface area contributed by atoms with Crippen molar-refractivity contribution in [3.05, 3.63) is 54.0 Å². The number of urea groups is 1. The number of amides is 2. The highest BCUT2D eigenvalue weighted by molar-refractivity contribution is 5.78. The van der Waals surface area contributed by atoms with Gasteiger partial charge in [0.1, 0.15) is 12.1 Å². The summed E-state index contributed by atoms with van der Waals surface area (Å²) in [6.07, 6.45) is 1.32. The zero-order valence-electron chi connectivity index (χ0n) is 18.3. The number of rotatable bonds is 3. The lowest BCUT2D eigenvalue weighted by Crippen LogP contribution is -2.52. The minimum Gasteiger partial charge on any atom is -0.337 e. The number of nitrogens with zero attached hydrogens (tertiary/aromatic N) is 10. The Balaban J connectivity index is 1.27. The molecule has 5 rings (SSSR count). The average Bonchev–Trinajstić information content (AvgIpc) is 3.54. The lowest BCUT2D eigenvalue weighted by molar-refractivity contribution is -0.144. The summed E-state index contributed by atoms with van der Waals surface area (Å²) in [5, 5.41) is 8.67. The Bertz CT molecular complexity index is 1300. The number of carbonyl (C=O) groups excluding carboxylic acids is 1. The second kappa shape index (κ2) is 9.09. The number of aromatic nitrogens is 6. The summed E-state index contributed by atoms with van der Waals surface area (Å²) < 4.78 is 66.9. The molecule has 1 atom stereocenters. The van der Waals surface area contributed by atoms with E-state index in [1.54, 1.807) is 16.0 Å². The molecule has 2 aliphatic heterocycles. The maximum atomic E-state index is 14.3. The van der Waals surface area contributed by atoms with Crippen molar-refractivity contribution in [3.8, 4) is 5.82 Å². The van der Waals surface area contributed by atoms with E-state index in [4.69, 9.17) is 0 Å². The number of piperazine rings is 1. The molecule has 0 N–H and O–H groups in total. The SMILES string of the molecule is O=C(N1CCN(c2ncc(F)c(-n3cnc(C(F)(F)F)n3)n2)CC1)N1N=CCC1c1cncc(F)c1. The van der Waals surface area contributed by atoms with Crippen molar-refractivity contribution >= 4 is 18.2 Å². The van der Waals surface area contributed by atoms with Crippen molar-refractivity contribution in [1.82, 2.24) is 39.6 Å². The molecule has 0 bridgehead atoms. The van der Waals surface area contributed by atoms with Gasteiger partial charge in [-0.05, 0) is 11.6 Å². The molecular weight excluding hydrogens is 491 g/mol. The van der Waals surface area contributed by atoms with Crippen LogP contribution in [0.1, 0.15) is 23.9 Å². The molecule has 0 aromatic carbocycles. The molecule has 16 heteroatoms. The quantitative estimate of drug-likeness (QED) is 0.500. The molecule has 2 amide bonds. The van der Waals surface area contributed by atoms with Crippen molar-refractivity contribution in [2.75, 3.05) is 31.1 Å². The van der Waals surface area contributed by atoms with Gasteiger partial charge in [-0.25, -0.2) is 28.6 Å². The molecule has 1 fully saturated rings. The van der Waals surface area contributed by atoms with Crippen molar-refractivity contribution in [2.24, 2.45) is 5.10 Å². The second-order valence-electron chi connectivity index (χ2n) is 7.94. The predicted octanol–water partition coefficient (Wildman–Crippen LogP) is 2.42. The predicted molar refractivity (Wildman–Crippen MR) is 113 cm³/mol. The summed E-state index contributed by atoms with van der Waals surface area (Å²) in [5.41, 5.74) is 0.522. The van der Waals surface area contributed by atoms with E-state index in [1.165, 1.54) is 17.3 Å². The third-order valence-electron chi connectivity index (χ3n) is 5.65. The third kappa shape index (κ3) is 4.52. The van der Waals surface area contributed by atoms with Crippen LogP contribution in [0.25, 0.3) is 5.82 Å². The first-order valence-corrected chi connectivity index (χ1v) is 10.7. The fourth-order valence-electron chi connectivity index (χ4n) is 3.89. The number of hydrazone groups is 1. The molecule has 1 saturated heterocycles. The van der Waals surface area contributed by atoms with E-state index in [0.29, 0.717) is 16.7 Å². The lowest BCUT2D eigenvalue weighted by atomic mass is 10.1. The lowest BCUT2D eigenvalue weighted by Gasteiger charge is -2.37. The topological polar surface area (TPSA) is 109 Å². The molecule has 0 radical (unpaired) electrons. The third-order valence-corrected chi connectivity index (χ3v) is 5.65. The summed E-state index contributed by atoms with van der Waals surface area (Å²) in [7, 11) is 0. The number of hydrogen-bond donors (Lipinski definition) is 0. The van der Waals surface area contributed by atoms with E-state index >= 15 is 0 Å². The molecule has 11 nitrogen and oxygen atoms in total. The summed E-state index contributed by atoms with van der Waals surface area (Å²) in [6.45, 7) is 1.03. The Morgan fingerprint density at radius 1 is 1.03 bits per heavy atom. The highest BCUT2D eigenvalue weighted by Crippen LogP contribution is 2.30. The summed E-state index contributed by atoms with van der Waals surface area (Å²) >= 11 is 0. The van der Waals surface area contributed by atoms with E-state index in [1.807, 2.05) is 0 Å². The molecule has 36 heavy (non-hydrogen) atoms. The summed E-state index contributed by atoms with van der Waals surface area (Å²) in [5.74, 6) is -3.34. The smallest absolute Gasteiger partial charge is 0.337 e. The van der Waals surface area contributed by atoms with Gasteiger partial charge in [0.15, 0.2) is 11.6 Å². The number of hydrogen-bond acceptors (Lipinski definition) is 8. The first-order valence-electron chi connectivity index (χ1n) is 10.7. The van der Waals surface area contributed by atoms with Gasteiger partial charge in [0, 0.05) is 45.0 Å². The van der Waals surface area contributed by atoms with Gasteiger partial charge in [-0.1, -0.05) is 0 Å². The standard InChI is InChI=1S/C20H17F5N10O/c21-13-7-12(8-26-9-13)15-1-2-29-35(15)19(36)33-5-3-32(4-6-33)18-27-10-14(22)16(30-18)34-11-28-17(31-34)20(23,24)25/h2,7-11,15H,1,3-6H2. The first-order chi connectivity index (χ1) is 17.2. The molecule has 0 spiro atoms. The van der Waals surface area contributed by atoms with E-state index in [-0.39, 0.29) is 38.2 Å². The maximum Gasteiger partial charge on any atom is 0.453 e. The fraction of sp³-hybridized carbons (Fsp3) is 0.350. The first kappa shape index (κ1) is 23.5. The van der Waals surface area contributed by atoms with Gasteiger partial charge in [-0.15, -0.1) is 5.10 Å². The zero-order chi connectivity index (χ0) is 25.4. The van der Waals surface area contributed by atoms with E-state index < -0.39 is 35.5 Å². The minimum atomic E-state index is -4.79. The summed E-state index contributed by atoms with van der Waals surface area (Å²) in [6, 6.07) is 0.451. The molecule has 0 saturated carbocycles. The van der Waals surface area contributed by atoms with Crippen LogP contribution in [0.3, 0.4) is 0 Å². The molecule has 2 aliphatic rings. The van der Waals surface area contributed by atoms with Gasteiger partial charge in [0.25, 0.3) is 5.82 Å². The Labute approximate surface area is 199 Å². The largest absolute Gasteiger partial charge is 0.453 e. The fourth-order valence-corrected chi connectivity index (χ4v) is 3.89. The van der Waals surface area contributed by atoms with Crippen LogP contribution in [0.2, 0.25) is 0 Å². The molecule has 1 unspecified atom stereocenters. The Morgan fingerprint density at radius 3 is 2.50 bits per heavy atom. The van der Waals surface area contributed by atoms with Crippen LogP contribution in [-0.4, -0.2) is 78.0 Å². The summed E-state index contributed by atoms with van der Waals surface area (Å²) in [4.78, 5) is 31.2. The van der Waals surface area contributed by atoms with Gasteiger partial charge in [-0.3, -0.25) is 4.98 Å². The zero-order valence-corrected chi connectivity index (χ0v) is 18.3. The van der Waals surface area contributed by atoms with Gasteiger partial charge >= 0.3 is 12.2 Å². The molecule has 188 valence electrons. The van der Waals surface area contributed by atoms with Crippen LogP contribution in [0.15, 0.2) is 36.1 Å². The van der Waals surface area contributed by atoms with Crippen LogP contribution in [0.4, 0.5) is 32.7 Å². The molecule has 0 aliphatic carbocycles. The van der Waals surface area contributed by atoms with E-state index in [9.17, 15) is 26.7 Å². The van der Waals surface area contributed by atoms with Gasteiger partial charge in [-0.2, -0.15) is 27.9 Å². The van der Waals surface area contributed by atoms with Crippen LogP contribution in [-0.2, 0) is 6.18 Å². The number of carbonyl (C=O) groups is 1. The van der Waals surface area contributed by atoms with E-state index in [0.717, 1.165) is 18.7 Å². The molecule has 5 heterocycles. The van der Waals surface area contributed by atoms with Gasteiger partial charge in [0.2, 0.25) is 5.95 Å². The van der Waals surface area contributed by atoms with Crippen LogP contribution >= 0.6 is 0 Å². The maximum absolute atomic E-state index is 14.3. The Hall–Kier alpha value is -4.24. The number of pyridine rings is 1. The molecular formula is C20H17F5N10O. The van der Waals surface area contributed by atoms with Crippen LogP contribution in [0.5, 0.6) is 0 Å². The van der Waals surface area contributed by atoms with E-state index in [2.05, 4.69) is 30.1 Å². The normalized spacial score (nSPS) is 18.2. The number of halogens is 5. The monoisotopic (exact) mass is 508 g/mol. The van der Waals surface area contributed by atoms with Crippen molar-refractivity contribution in [1.29, 1.82) is 0 Å². The highest BCUT2D eigenvalue weighted by Gasteiger charge is 2.37. The Morgan fingerprint density at radius 2 is 1.81 bits per heavy atom. The molecule has 3 aromatic heterocycles. The number of alkyl halides is 3. The van der Waals surface area contributed by atoms with Gasteiger partial charge < -0.3 is 9.80 Å². The van der Waals surface area contributed by atoms with Crippen LogP contribution in [0, 0.1) is 11.6 Å². The van der Waals surface area contributed by atoms with Crippen LogP contribution < -0.4 is 4.90 Å². The van der Waals surface area contributed by atoms with Crippen molar-refractivity contribution in [3.63, 3.8) is 0 Å². The second-order valence-corrected chi connectivity index (χ2v) is 7.94. The highest BCUT2D eigenvalue weighted by atomic mass is 19.4. The number of anilines is 1. The molecule has 3 aromatic rings. The average molecular weight is 508 g/mol.